The summed E-state index contributed by atoms with van der Waals surface area (Å²) in [4.78, 5) is 0.451. The summed E-state index contributed by atoms with van der Waals surface area (Å²) in [7, 11) is -3.11. The number of thioether (sulfide) groups is 1. The van der Waals surface area contributed by atoms with Crippen molar-refractivity contribution in [1.29, 1.82) is 0 Å². The van der Waals surface area contributed by atoms with E-state index in [2.05, 4.69) is 0 Å². The Bertz CT molecular complexity index is 390. The third-order valence-electron chi connectivity index (χ3n) is 1.87. The van der Waals surface area contributed by atoms with Crippen LogP contribution in [-0.2, 0) is 13.6 Å². The van der Waals surface area contributed by atoms with Gasteiger partial charge in [0.2, 0.25) is 0 Å². The first-order valence-corrected chi connectivity index (χ1v) is 8.08. The molecule has 3 nitrogen and oxygen atoms in total. The van der Waals surface area contributed by atoms with E-state index in [0.29, 0.717) is 18.1 Å². The summed E-state index contributed by atoms with van der Waals surface area (Å²) in [5, 5.41) is 0. The van der Waals surface area contributed by atoms with Crippen molar-refractivity contribution >= 4 is 19.4 Å². The number of hydrogen-bond donors (Lipinski definition) is 0. The zero-order valence-corrected chi connectivity index (χ0v) is 11.6. The molecule has 0 spiro atoms. The van der Waals surface area contributed by atoms with E-state index in [-0.39, 0.29) is 11.3 Å². The molecule has 0 radical (unpaired) electrons. The van der Waals surface area contributed by atoms with Crippen molar-refractivity contribution in [3.63, 3.8) is 0 Å². The first-order valence-electron chi connectivity index (χ1n) is 5.36. The largest absolute Gasteiger partial charge is 0.340 e. The van der Waals surface area contributed by atoms with Crippen LogP contribution in [0.2, 0.25) is 0 Å². The second kappa shape index (κ2) is 7.17. The summed E-state index contributed by atoms with van der Waals surface area (Å²) in [6.07, 6.45) is 0. The molecule has 6 heteroatoms. The van der Waals surface area contributed by atoms with Gasteiger partial charge in [0, 0.05) is 4.90 Å². The Balaban J connectivity index is 2.64. The van der Waals surface area contributed by atoms with Crippen molar-refractivity contribution in [2.45, 2.75) is 18.7 Å². The number of hydrogen-bond acceptors (Lipinski definition) is 4. The molecule has 0 aliphatic heterocycles. The standard InChI is InChI=1S/C11H16FO3PS/c1-3-14-16(13,15-4-2)9-17-11-8-6-5-7-10(11)12/h5-8H,3-4,9H2,1-2H3. The lowest BCUT2D eigenvalue weighted by Crippen LogP contribution is -1.98. The second-order valence-electron chi connectivity index (χ2n) is 3.15. The predicted octanol–water partition coefficient (Wildman–Crippen LogP) is 4.14. The monoisotopic (exact) mass is 278 g/mol. The molecule has 1 aromatic rings. The van der Waals surface area contributed by atoms with Crippen LogP contribution >= 0.6 is 19.4 Å². The fourth-order valence-electron chi connectivity index (χ4n) is 1.22. The summed E-state index contributed by atoms with van der Waals surface area (Å²) in [6.45, 7) is 4.13. The van der Waals surface area contributed by atoms with E-state index in [1.807, 2.05) is 0 Å². The molecular formula is C11H16FO3PS. The zero-order valence-electron chi connectivity index (χ0n) is 9.89. The third kappa shape index (κ3) is 4.80. The first-order chi connectivity index (χ1) is 8.11. The molecule has 96 valence electrons. The highest BCUT2D eigenvalue weighted by Gasteiger charge is 2.24. The van der Waals surface area contributed by atoms with Gasteiger partial charge in [-0.2, -0.15) is 0 Å². The Morgan fingerprint density at radius 3 is 2.35 bits per heavy atom. The van der Waals surface area contributed by atoms with E-state index in [1.54, 1.807) is 32.0 Å². The smallest absolute Gasteiger partial charge is 0.308 e. The maximum Gasteiger partial charge on any atom is 0.340 e. The van der Waals surface area contributed by atoms with E-state index >= 15 is 0 Å². The molecule has 0 heterocycles. The van der Waals surface area contributed by atoms with Crippen LogP contribution in [0.3, 0.4) is 0 Å². The first kappa shape index (κ1) is 14.7. The number of halogens is 1. The van der Waals surface area contributed by atoms with Gasteiger partial charge < -0.3 is 9.05 Å². The van der Waals surface area contributed by atoms with Gasteiger partial charge in [-0.05, 0) is 26.0 Å². The zero-order chi connectivity index (χ0) is 12.7. The average molecular weight is 278 g/mol. The van der Waals surface area contributed by atoms with Crippen molar-refractivity contribution in [2.75, 3.05) is 18.7 Å². The molecule has 0 aliphatic rings. The summed E-state index contributed by atoms with van der Waals surface area (Å²) < 4.78 is 35.7. The molecule has 0 unspecified atom stereocenters. The molecule has 0 fully saturated rings. The van der Waals surface area contributed by atoms with E-state index in [9.17, 15) is 8.96 Å². The highest BCUT2D eigenvalue weighted by atomic mass is 32.2. The molecule has 1 aromatic carbocycles. The van der Waals surface area contributed by atoms with E-state index in [0.717, 1.165) is 11.8 Å². The fraction of sp³-hybridized carbons (Fsp3) is 0.455. The van der Waals surface area contributed by atoms with Gasteiger partial charge in [0.1, 0.15) is 11.3 Å². The lowest BCUT2D eigenvalue weighted by molar-refractivity contribution is 0.224. The molecule has 0 aliphatic carbocycles. The van der Waals surface area contributed by atoms with Crippen LogP contribution < -0.4 is 0 Å². The number of benzene rings is 1. The maximum atomic E-state index is 13.3. The van der Waals surface area contributed by atoms with Crippen LogP contribution in [0.5, 0.6) is 0 Å². The van der Waals surface area contributed by atoms with Gasteiger partial charge in [-0.3, -0.25) is 4.57 Å². The highest BCUT2D eigenvalue weighted by Crippen LogP contribution is 2.52. The summed E-state index contributed by atoms with van der Waals surface area (Å²) in [5.41, 5.74) is 0.121. The number of rotatable bonds is 7. The normalized spacial score (nSPS) is 11.7. The molecule has 17 heavy (non-hydrogen) atoms. The molecule has 1 rings (SSSR count). The molecule has 0 saturated heterocycles. The lowest BCUT2D eigenvalue weighted by atomic mass is 10.4. The van der Waals surface area contributed by atoms with E-state index < -0.39 is 7.60 Å². The molecule has 0 amide bonds. The van der Waals surface area contributed by atoms with Gasteiger partial charge in [0.15, 0.2) is 0 Å². The van der Waals surface area contributed by atoms with Gasteiger partial charge in [-0.1, -0.05) is 12.1 Å². The van der Waals surface area contributed by atoms with Gasteiger partial charge in [-0.15, -0.1) is 11.8 Å². The summed E-state index contributed by atoms with van der Waals surface area (Å²) in [5.74, 6) is -0.322. The van der Waals surface area contributed by atoms with Crippen LogP contribution in [0.4, 0.5) is 4.39 Å². The molecule has 0 aromatic heterocycles. The van der Waals surface area contributed by atoms with Crippen LogP contribution in [0.25, 0.3) is 0 Å². The Morgan fingerprint density at radius 1 is 1.24 bits per heavy atom. The van der Waals surface area contributed by atoms with Crippen molar-refractivity contribution < 1.29 is 18.0 Å². The maximum absolute atomic E-state index is 13.3. The summed E-state index contributed by atoms with van der Waals surface area (Å²) in [6, 6.07) is 6.36. The van der Waals surface area contributed by atoms with Gasteiger partial charge >= 0.3 is 7.60 Å². The topological polar surface area (TPSA) is 35.5 Å². The third-order valence-corrected chi connectivity index (χ3v) is 5.59. The molecule has 0 saturated carbocycles. The molecule has 0 N–H and O–H groups in total. The predicted molar refractivity (Wildman–Crippen MR) is 68.0 cm³/mol. The Hall–Kier alpha value is -0.350. The van der Waals surface area contributed by atoms with Crippen molar-refractivity contribution in [3.05, 3.63) is 30.1 Å². The second-order valence-corrected chi connectivity index (χ2v) is 6.65. The Kier molecular flexibility index (Phi) is 6.20. The molecular weight excluding hydrogens is 262 g/mol. The van der Waals surface area contributed by atoms with Gasteiger partial charge in [-0.25, -0.2) is 4.39 Å². The molecule has 0 atom stereocenters. The van der Waals surface area contributed by atoms with E-state index in [1.165, 1.54) is 6.07 Å². The quantitative estimate of drug-likeness (QED) is 0.554. The Labute approximate surface area is 105 Å². The van der Waals surface area contributed by atoms with Crippen molar-refractivity contribution in [2.24, 2.45) is 0 Å². The SMILES string of the molecule is CCOP(=O)(CSc1ccccc1F)OCC. The Morgan fingerprint density at radius 2 is 1.82 bits per heavy atom. The van der Waals surface area contributed by atoms with Crippen LogP contribution in [0.1, 0.15) is 13.8 Å². The highest BCUT2D eigenvalue weighted by molar-refractivity contribution is 8.04. The van der Waals surface area contributed by atoms with Crippen LogP contribution in [0, 0.1) is 5.82 Å². The van der Waals surface area contributed by atoms with E-state index in [4.69, 9.17) is 9.05 Å². The van der Waals surface area contributed by atoms with Crippen molar-refractivity contribution in [3.8, 4) is 0 Å². The average Bonchev–Trinajstić information content (AvgIpc) is 2.29. The minimum Gasteiger partial charge on any atom is -0.308 e. The fourth-order valence-corrected chi connectivity index (χ4v) is 4.24. The minimum atomic E-state index is -3.11. The molecule has 0 bridgehead atoms. The lowest BCUT2D eigenvalue weighted by Gasteiger charge is -2.16. The minimum absolute atomic E-state index is 0.121. The summed E-state index contributed by atoms with van der Waals surface area (Å²) >= 11 is 1.15. The van der Waals surface area contributed by atoms with Gasteiger partial charge in [0.05, 0.1) is 13.2 Å². The van der Waals surface area contributed by atoms with Crippen LogP contribution in [-0.4, -0.2) is 18.7 Å². The van der Waals surface area contributed by atoms with Crippen LogP contribution in [0.15, 0.2) is 29.2 Å². The van der Waals surface area contributed by atoms with Gasteiger partial charge in [0.25, 0.3) is 0 Å². The van der Waals surface area contributed by atoms with Crippen molar-refractivity contribution in [1.82, 2.24) is 0 Å².